The maximum absolute atomic E-state index is 9.92. The molecule has 0 spiro atoms. The van der Waals surface area contributed by atoms with Gasteiger partial charge in [0.1, 0.15) is 24.5 Å². The van der Waals surface area contributed by atoms with Gasteiger partial charge < -0.3 is 19.4 Å². The molecular formula is C26H30N6O3. The predicted octanol–water partition coefficient (Wildman–Crippen LogP) is 4.48. The number of fused-ring (bicyclic) bond motifs is 1. The van der Waals surface area contributed by atoms with Gasteiger partial charge in [-0.15, -0.1) is 0 Å². The largest absolute Gasteiger partial charge is 0.493 e. The first-order chi connectivity index (χ1) is 17.2. The van der Waals surface area contributed by atoms with Crippen molar-refractivity contribution in [1.29, 1.82) is 5.26 Å². The first kappa shape index (κ1) is 25.3. The van der Waals surface area contributed by atoms with Gasteiger partial charge in [0.2, 0.25) is 0 Å². The fourth-order valence-electron chi connectivity index (χ4n) is 3.82. The van der Waals surface area contributed by atoms with Crippen LogP contribution in [0.5, 0.6) is 5.75 Å². The first-order valence-corrected chi connectivity index (χ1v) is 11.5. The Kier molecular flexibility index (Phi) is 9.25. The summed E-state index contributed by atoms with van der Waals surface area (Å²) in [5.41, 5.74) is 4.67. The molecule has 9 heteroatoms. The van der Waals surface area contributed by atoms with Crippen LogP contribution in [0, 0.1) is 11.3 Å². The molecule has 9 nitrogen and oxygen atoms in total. The Bertz CT molecular complexity index is 1270. The van der Waals surface area contributed by atoms with E-state index in [9.17, 15) is 10.1 Å². The number of nitrogens with one attached hydrogen (secondary N) is 1. The van der Waals surface area contributed by atoms with Crippen molar-refractivity contribution in [2.75, 3.05) is 25.6 Å². The van der Waals surface area contributed by atoms with Gasteiger partial charge in [-0.25, -0.2) is 4.98 Å². The summed E-state index contributed by atoms with van der Waals surface area (Å²) in [5.74, 6) is 0.799. The summed E-state index contributed by atoms with van der Waals surface area (Å²) >= 11 is 0. The average molecular weight is 475 g/mol. The summed E-state index contributed by atoms with van der Waals surface area (Å²) in [5, 5.41) is 18.1. The Morgan fingerprint density at radius 2 is 2.06 bits per heavy atom. The number of carbonyl (C=O) groups excluding carboxylic acids is 1. The second kappa shape index (κ2) is 12.8. The number of nitriles is 1. The van der Waals surface area contributed by atoms with Gasteiger partial charge in [-0.05, 0) is 38.1 Å². The van der Waals surface area contributed by atoms with Crippen molar-refractivity contribution in [2.45, 2.75) is 33.4 Å². The van der Waals surface area contributed by atoms with Crippen molar-refractivity contribution >= 4 is 23.1 Å². The Morgan fingerprint density at radius 1 is 1.20 bits per heavy atom. The molecule has 0 aliphatic carbocycles. The number of aryl methyl sites for hydroxylation is 2. The maximum Gasteiger partial charge on any atom is 0.293 e. The topological polar surface area (TPSA) is 107 Å². The minimum absolute atomic E-state index is 0.431. The fraction of sp³-hybridized carbons (Fsp3) is 0.308. The molecule has 0 radical (unpaired) electrons. The molecule has 35 heavy (non-hydrogen) atoms. The summed E-state index contributed by atoms with van der Waals surface area (Å²) in [7, 11) is 1.90. The van der Waals surface area contributed by atoms with Gasteiger partial charge in [-0.3, -0.25) is 9.48 Å². The molecule has 182 valence electrons. The summed E-state index contributed by atoms with van der Waals surface area (Å²) in [6, 6.07) is 16.5. The van der Waals surface area contributed by atoms with Gasteiger partial charge >= 0.3 is 0 Å². The SMILES string of the molecule is CCOC=O.CCn1c(-c2cccc(NC)c2)c(C#N)c2ccc(OCCCn3cncn3)cc21. The van der Waals surface area contributed by atoms with Gasteiger partial charge in [0, 0.05) is 49.3 Å². The molecule has 0 aliphatic rings. The maximum atomic E-state index is 9.92. The minimum atomic E-state index is 0.431. The number of benzene rings is 2. The Hall–Kier alpha value is -4.32. The van der Waals surface area contributed by atoms with Crippen LogP contribution in [0.1, 0.15) is 25.8 Å². The Balaban J connectivity index is 0.000000623. The molecule has 0 aliphatic heterocycles. The normalized spacial score (nSPS) is 10.2. The Labute approximate surface area is 204 Å². The van der Waals surface area contributed by atoms with Crippen LogP contribution in [0.15, 0.2) is 55.1 Å². The average Bonchev–Trinajstić information content (AvgIpc) is 3.52. The van der Waals surface area contributed by atoms with Crippen LogP contribution in [-0.2, 0) is 22.6 Å². The molecule has 0 saturated heterocycles. The van der Waals surface area contributed by atoms with Crippen molar-refractivity contribution in [3.05, 3.63) is 60.7 Å². The number of anilines is 1. The van der Waals surface area contributed by atoms with E-state index in [0.717, 1.165) is 53.1 Å². The zero-order valence-electron chi connectivity index (χ0n) is 20.3. The summed E-state index contributed by atoms with van der Waals surface area (Å²) in [6.45, 7) is 6.86. The summed E-state index contributed by atoms with van der Waals surface area (Å²) < 4.78 is 14.1. The molecule has 0 saturated carbocycles. The fourth-order valence-corrected chi connectivity index (χ4v) is 3.82. The summed E-state index contributed by atoms with van der Waals surface area (Å²) in [4.78, 5) is 13.1. The Morgan fingerprint density at radius 3 is 2.69 bits per heavy atom. The lowest BCUT2D eigenvalue weighted by atomic mass is 10.1. The smallest absolute Gasteiger partial charge is 0.293 e. The summed E-state index contributed by atoms with van der Waals surface area (Å²) in [6.07, 6.45) is 4.07. The van der Waals surface area contributed by atoms with Crippen molar-refractivity contribution < 1.29 is 14.3 Å². The number of hydrogen-bond acceptors (Lipinski definition) is 7. The van der Waals surface area contributed by atoms with Crippen molar-refractivity contribution in [2.24, 2.45) is 0 Å². The third kappa shape index (κ3) is 6.18. The van der Waals surface area contributed by atoms with Crippen LogP contribution in [0.3, 0.4) is 0 Å². The van der Waals surface area contributed by atoms with Crippen LogP contribution in [0.2, 0.25) is 0 Å². The van der Waals surface area contributed by atoms with E-state index in [1.807, 2.05) is 43.4 Å². The second-order valence-corrected chi connectivity index (χ2v) is 7.50. The highest BCUT2D eigenvalue weighted by atomic mass is 16.5. The highest BCUT2D eigenvalue weighted by Crippen LogP contribution is 2.36. The third-order valence-corrected chi connectivity index (χ3v) is 5.39. The molecular weight excluding hydrogens is 444 g/mol. The number of hydrogen-bond donors (Lipinski definition) is 1. The quantitative estimate of drug-likeness (QED) is 0.267. The van der Waals surface area contributed by atoms with E-state index in [1.54, 1.807) is 17.9 Å². The van der Waals surface area contributed by atoms with Crippen molar-refractivity contribution in [1.82, 2.24) is 19.3 Å². The second-order valence-electron chi connectivity index (χ2n) is 7.50. The molecule has 0 fully saturated rings. The molecule has 0 bridgehead atoms. The first-order valence-electron chi connectivity index (χ1n) is 11.5. The highest BCUT2D eigenvalue weighted by Gasteiger charge is 2.18. The van der Waals surface area contributed by atoms with Crippen LogP contribution in [0.4, 0.5) is 5.69 Å². The highest BCUT2D eigenvalue weighted by molar-refractivity contribution is 5.95. The van der Waals surface area contributed by atoms with E-state index in [0.29, 0.717) is 25.2 Å². The van der Waals surface area contributed by atoms with E-state index in [2.05, 4.69) is 43.8 Å². The van der Waals surface area contributed by atoms with Crippen molar-refractivity contribution in [3.63, 3.8) is 0 Å². The van der Waals surface area contributed by atoms with Crippen LogP contribution < -0.4 is 10.1 Å². The van der Waals surface area contributed by atoms with Gasteiger partial charge in [-0.2, -0.15) is 10.4 Å². The zero-order chi connectivity index (χ0) is 25.0. The molecule has 2 heterocycles. The predicted molar refractivity (Wildman–Crippen MR) is 135 cm³/mol. The van der Waals surface area contributed by atoms with Gasteiger partial charge in [0.25, 0.3) is 6.47 Å². The van der Waals surface area contributed by atoms with E-state index >= 15 is 0 Å². The number of aromatic nitrogens is 4. The van der Waals surface area contributed by atoms with Crippen LogP contribution >= 0.6 is 0 Å². The van der Waals surface area contributed by atoms with E-state index in [-0.39, 0.29) is 0 Å². The number of nitrogens with zero attached hydrogens (tertiary/aromatic N) is 5. The number of carbonyl (C=O) groups is 1. The lowest BCUT2D eigenvalue weighted by molar-refractivity contribution is -0.128. The molecule has 4 rings (SSSR count). The molecule has 1 N–H and O–H groups in total. The monoisotopic (exact) mass is 474 g/mol. The van der Waals surface area contributed by atoms with E-state index < -0.39 is 0 Å². The van der Waals surface area contributed by atoms with E-state index in [4.69, 9.17) is 4.74 Å². The zero-order valence-corrected chi connectivity index (χ0v) is 20.3. The van der Waals surface area contributed by atoms with Gasteiger partial charge in [0.05, 0.1) is 30.0 Å². The molecule has 0 atom stereocenters. The van der Waals surface area contributed by atoms with Crippen LogP contribution in [0.25, 0.3) is 22.2 Å². The lowest BCUT2D eigenvalue weighted by Crippen LogP contribution is -2.05. The lowest BCUT2D eigenvalue weighted by Gasteiger charge is -2.11. The van der Waals surface area contributed by atoms with E-state index in [1.165, 1.54) is 6.33 Å². The molecule has 2 aromatic carbocycles. The molecule has 0 unspecified atom stereocenters. The molecule has 0 amide bonds. The third-order valence-electron chi connectivity index (χ3n) is 5.39. The van der Waals surface area contributed by atoms with Crippen molar-refractivity contribution in [3.8, 4) is 23.1 Å². The van der Waals surface area contributed by atoms with Gasteiger partial charge in [-0.1, -0.05) is 12.1 Å². The number of rotatable bonds is 10. The standard InChI is InChI=1S/C23H24N6O.C3H6O2/c1-3-29-22-13-19(30-11-5-10-28-16-26-15-27-28)8-9-20(22)21(14-24)23(29)17-6-4-7-18(12-17)25-2;1-2-5-3-4/h4,6-9,12-13,15-16,25H,3,5,10-11H2,1-2H3;3H,2H2,1H3. The minimum Gasteiger partial charge on any atom is -0.493 e. The van der Waals surface area contributed by atoms with Gasteiger partial charge in [0.15, 0.2) is 0 Å². The molecule has 4 aromatic rings. The number of ether oxygens (including phenoxy) is 2. The molecule has 2 aromatic heterocycles. The van der Waals surface area contributed by atoms with Crippen LogP contribution in [-0.4, -0.2) is 46.1 Å².